The monoisotopic (exact) mass is 1120 g/mol. The van der Waals surface area contributed by atoms with Crippen molar-refractivity contribution in [2.24, 2.45) is 0 Å². The summed E-state index contributed by atoms with van der Waals surface area (Å²) in [5.41, 5.74) is 0. The fraction of sp³-hybridized carbons (Fsp3) is 0.720. The third kappa shape index (κ3) is 66.8. The summed E-state index contributed by atoms with van der Waals surface area (Å²) in [4.78, 5) is 38.4. The highest BCUT2D eigenvalue weighted by atomic mass is 16.6. The third-order valence-electron chi connectivity index (χ3n) is 14.8. The van der Waals surface area contributed by atoms with Crippen LogP contribution in [0.3, 0.4) is 0 Å². The number of rotatable bonds is 62. The number of allylic oxidation sites excluding steroid dienone is 18. The van der Waals surface area contributed by atoms with E-state index in [9.17, 15) is 14.4 Å². The number of hydrogen-bond donors (Lipinski definition) is 0. The van der Waals surface area contributed by atoms with E-state index >= 15 is 0 Å². The molecule has 0 N–H and O–H groups in total. The van der Waals surface area contributed by atoms with Crippen molar-refractivity contribution >= 4 is 17.9 Å². The van der Waals surface area contributed by atoms with Crippen LogP contribution in [0.5, 0.6) is 0 Å². The van der Waals surface area contributed by atoms with Gasteiger partial charge in [-0.25, -0.2) is 0 Å². The molecule has 1 unspecified atom stereocenters. The minimum Gasteiger partial charge on any atom is -0.462 e. The first-order valence-electron chi connectivity index (χ1n) is 34.4. The predicted molar refractivity (Wildman–Crippen MR) is 353 cm³/mol. The van der Waals surface area contributed by atoms with Gasteiger partial charge in [0.2, 0.25) is 0 Å². The Balaban J connectivity index is 4.26. The largest absolute Gasteiger partial charge is 0.462 e. The second kappa shape index (κ2) is 68.6. The van der Waals surface area contributed by atoms with Gasteiger partial charge in [-0.15, -0.1) is 0 Å². The zero-order valence-corrected chi connectivity index (χ0v) is 53.3. The smallest absolute Gasteiger partial charge is 0.306 e. The Morgan fingerprint density at radius 2 is 0.481 bits per heavy atom. The van der Waals surface area contributed by atoms with Crippen molar-refractivity contribution in [1.29, 1.82) is 0 Å². The number of esters is 3. The van der Waals surface area contributed by atoms with E-state index in [1.807, 2.05) is 0 Å². The van der Waals surface area contributed by atoms with E-state index < -0.39 is 6.10 Å². The predicted octanol–water partition coefficient (Wildman–Crippen LogP) is 23.8. The molecule has 464 valence electrons. The summed E-state index contributed by atoms with van der Waals surface area (Å²) in [6, 6.07) is 0. The molecule has 1 atom stereocenters. The van der Waals surface area contributed by atoms with Crippen molar-refractivity contribution in [2.75, 3.05) is 13.2 Å². The molecule has 0 saturated heterocycles. The van der Waals surface area contributed by atoms with E-state index in [4.69, 9.17) is 14.2 Å². The van der Waals surface area contributed by atoms with Crippen LogP contribution in [0, 0.1) is 0 Å². The minimum atomic E-state index is -0.791. The SMILES string of the molecule is CC/C=C\C/C=C\C/C=C\C/C=C\C/C=C\CCCCCCCCCCCCCCCCCC(=O)OCC(COC(=O)CCCCCCCCCCCCCCCCC)OC(=O)CCCCCC/C=C\C/C=C\C/C=C\C/C=C\CC. The maximum atomic E-state index is 12.9. The lowest BCUT2D eigenvalue weighted by Gasteiger charge is -2.18. The van der Waals surface area contributed by atoms with Crippen molar-refractivity contribution in [3.8, 4) is 0 Å². The van der Waals surface area contributed by atoms with Crippen LogP contribution in [0.1, 0.15) is 329 Å². The molecule has 6 heteroatoms. The van der Waals surface area contributed by atoms with Crippen LogP contribution in [0.4, 0.5) is 0 Å². The Hall–Kier alpha value is -3.93. The van der Waals surface area contributed by atoms with Crippen molar-refractivity contribution in [1.82, 2.24) is 0 Å². The molecule has 0 rings (SSSR count). The summed E-state index contributed by atoms with van der Waals surface area (Å²) in [5.74, 6) is -0.894. The molecule has 0 aromatic carbocycles. The van der Waals surface area contributed by atoms with E-state index in [-0.39, 0.29) is 31.1 Å². The molecule has 0 aromatic heterocycles. The molecule has 0 bridgehead atoms. The summed E-state index contributed by atoms with van der Waals surface area (Å²) >= 11 is 0. The Labute approximate surface area is 501 Å². The fourth-order valence-corrected chi connectivity index (χ4v) is 9.70. The second-order valence-electron chi connectivity index (χ2n) is 22.7. The molecule has 0 aliphatic carbocycles. The average molecular weight is 1130 g/mol. The van der Waals surface area contributed by atoms with Gasteiger partial charge in [0, 0.05) is 19.3 Å². The first-order chi connectivity index (χ1) is 40.0. The first-order valence-corrected chi connectivity index (χ1v) is 34.4. The van der Waals surface area contributed by atoms with Gasteiger partial charge in [-0.1, -0.05) is 316 Å². The molecule has 0 aromatic rings. The summed E-state index contributed by atoms with van der Waals surface area (Å²) in [7, 11) is 0. The zero-order chi connectivity index (χ0) is 58.5. The van der Waals surface area contributed by atoms with Gasteiger partial charge in [0.25, 0.3) is 0 Å². The Morgan fingerprint density at radius 3 is 0.753 bits per heavy atom. The summed E-state index contributed by atoms with van der Waals surface area (Å²) in [5, 5.41) is 0. The standard InChI is InChI=1S/C75H128O6/c1-4-7-10-13-16-19-22-25-28-30-31-32-33-34-35-36-37-38-39-40-41-42-43-45-47-50-53-56-59-62-65-68-74(77)80-71-72(70-79-73(76)67-64-61-58-55-52-49-46-27-24-21-18-15-12-9-6-3)81-75(78)69-66-63-60-57-54-51-48-44-29-26-23-20-17-14-11-8-5-2/h7-8,10-11,16-17,19-20,25-26,28-29,31-32,34-35,48,51,72H,4-6,9,12-15,18,21-24,27,30,33,36-47,49-50,52-71H2,1-3H3/b10-7-,11-8-,19-16-,20-17-,28-25-,29-26-,32-31-,35-34-,51-48-. The fourth-order valence-electron chi connectivity index (χ4n) is 9.70. The highest BCUT2D eigenvalue weighted by Crippen LogP contribution is 2.17. The van der Waals surface area contributed by atoms with Gasteiger partial charge in [0.15, 0.2) is 6.10 Å². The minimum absolute atomic E-state index is 0.0844. The Kier molecular flexibility index (Phi) is 65.2. The molecular weight excluding hydrogens is 997 g/mol. The topological polar surface area (TPSA) is 78.9 Å². The number of carbonyl (C=O) groups excluding carboxylic acids is 3. The molecular formula is C75H128O6. The molecule has 0 aliphatic heterocycles. The molecule has 0 fully saturated rings. The molecule has 0 saturated carbocycles. The van der Waals surface area contributed by atoms with Crippen molar-refractivity contribution in [2.45, 2.75) is 335 Å². The van der Waals surface area contributed by atoms with Crippen molar-refractivity contribution in [3.63, 3.8) is 0 Å². The van der Waals surface area contributed by atoms with Gasteiger partial charge in [0.05, 0.1) is 0 Å². The van der Waals surface area contributed by atoms with Gasteiger partial charge in [-0.05, 0) is 103 Å². The highest BCUT2D eigenvalue weighted by molar-refractivity contribution is 5.71. The van der Waals surface area contributed by atoms with Crippen LogP contribution >= 0.6 is 0 Å². The summed E-state index contributed by atoms with van der Waals surface area (Å²) in [6.07, 6.45) is 94.0. The van der Waals surface area contributed by atoms with Crippen LogP contribution in [0.2, 0.25) is 0 Å². The van der Waals surface area contributed by atoms with E-state index in [2.05, 4.69) is 130 Å². The van der Waals surface area contributed by atoms with Gasteiger partial charge < -0.3 is 14.2 Å². The maximum absolute atomic E-state index is 12.9. The van der Waals surface area contributed by atoms with E-state index in [0.29, 0.717) is 19.3 Å². The maximum Gasteiger partial charge on any atom is 0.306 e. The number of hydrogen-bond acceptors (Lipinski definition) is 6. The lowest BCUT2D eigenvalue weighted by atomic mass is 10.0. The lowest BCUT2D eigenvalue weighted by molar-refractivity contribution is -0.167. The zero-order valence-electron chi connectivity index (χ0n) is 53.3. The van der Waals surface area contributed by atoms with Crippen LogP contribution in [0.25, 0.3) is 0 Å². The molecule has 0 radical (unpaired) electrons. The summed E-state index contributed by atoms with van der Waals surface area (Å²) < 4.78 is 16.9. The molecule has 6 nitrogen and oxygen atoms in total. The summed E-state index contributed by atoms with van der Waals surface area (Å²) in [6.45, 7) is 6.43. The molecule has 0 aliphatic rings. The molecule has 0 spiro atoms. The van der Waals surface area contributed by atoms with E-state index in [0.717, 1.165) is 128 Å². The first kappa shape index (κ1) is 77.1. The van der Waals surface area contributed by atoms with Crippen LogP contribution in [-0.2, 0) is 28.6 Å². The number of carbonyl (C=O) groups is 3. The molecule has 81 heavy (non-hydrogen) atoms. The normalized spacial score (nSPS) is 12.8. The van der Waals surface area contributed by atoms with E-state index in [1.54, 1.807) is 0 Å². The second-order valence-corrected chi connectivity index (χ2v) is 22.7. The van der Waals surface area contributed by atoms with Crippen molar-refractivity contribution < 1.29 is 28.6 Å². The van der Waals surface area contributed by atoms with Gasteiger partial charge in [-0.3, -0.25) is 14.4 Å². The van der Waals surface area contributed by atoms with E-state index in [1.165, 1.54) is 161 Å². The van der Waals surface area contributed by atoms with Gasteiger partial charge in [0.1, 0.15) is 13.2 Å². The van der Waals surface area contributed by atoms with Gasteiger partial charge in [-0.2, -0.15) is 0 Å². The lowest BCUT2D eigenvalue weighted by Crippen LogP contribution is -2.30. The van der Waals surface area contributed by atoms with Crippen LogP contribution in [-0.4, -0.2) is 37.2 Å². The molecule has 0 heterocycles. The quantitative estimate of drug-likeness (QED) is 0.0261. The third-order valence-corrected chi connectivity index (χ3v) is 14.8. The highest BCUT2D eigenvalue weighted by Gasteiger charge is 2.19. The van der Waals surface area contributed by atoms with Crippen LogP contribution in [0.15, 0.2) is 109 Å². The van der Waals surface area contributed by atoms with Crippen molar-refractivity contribution in [3.05, 3.63) is 109 Å². The average Bonchev–Trinajstić information content (AvgIpc) is 3.47. The molecule has 0 amide bonds. The number of ether oxygens (including phenoxy) is 3. The Morgan fingerprint density at radius 1 is 0.259 bits per heavy atom. The van der Waals surface area contributed by atoms with Gasteiger partial charge >= 0.3 is 17.9 Å². The number of unbranched alkanes of at least 4 members (excludes halogenated alkanes) is 33. The van der Waals surface area contributed by atoms with Crippen LogP contribution < -0.4 is 0 Å². The Bertz CT molecular complexity index is 1620.